The summed E-state index contributed by atoms with van der Waals surface area (Å²) >= 11 is 0. The highest BCUT2D eigenvalue weighted by Gasteiger charge is 2.20. The molecule has 2 N–H and O–H groups in total. The van der Waals surface area contributed by atoms with Gasteiger partial charge in [-0.3, -0.25) is 0 Å². The lowest BCUT2D eigenvalue weighted by atomic mass is 9.87. The third kappa shape index (κ3) is 3.20. The van der Waals surface area contributed by atoms with Gasteiger partial charge in [0.05, 0.1) is 0 Å². The van der Waals surface area contributed by atoms with E-state index in [0.717, 1.165) is 37.3 Å². The molecule has 24 heavy (non-hydrogen) atoms. The smallest absolute Gasteiger partial charge is 0.161 e. The Balaban J connectivity index is 1.39. The van der Waals surface area contributed by atoms with Gasteiger partial charge < -0.3 is 19.9 Å². The molecule has 0 aromatic heterocycles. The van der Waals surface area contributed by atoms with Crippen LogP contribution < -0.4 is 14.8 Å². The lowest BCUT2D eigenvalue weighted by Crippen LogP contribution is -2.27. The maximum atomic E-state index is 9.77. The predicted molar refractivity (Wildman–Crippen MR) is 92.9 cm³/mol. The molecule has 0 fully saturated rings. The standard InChI is InChI=1S/C20H23NO3/c22-16-6-5-15-2-1-3-18(17(15)13-16)21-9-8-14-4-7-19-20(12-14)24-11-10-23-19/h4-7,12-13,18,21-22H,1-3,8-11H2. The molecule has 1 aliphatic carbocycles. The van der Waals surface area contributed by atoms with E-state index in [0.29, 0.717) is 25.0 Å². The molecule has 2 aliphatic rings. The highest BCUT2D eigenvalue weighted by molar-refractivity contribution is 5.44. The Bertz CT molecular complexity index is 729. The summed E-state index contributed by atoms with van der Waals surface area (Å²) in [6, 6.07) is 12.3. The second-order valence-corrected chi connectivity index (χ2v) is 6.51. The topological polar surface area (TPSA) is 50.7 Å². The van der Waals surface area contributed by atoms with E-state index in [2.05, 4.69) is 23.5 Å². The van der Waals surface area contributed by atoms with Crippen LogP contribution in [0, 0.1) is 0 Å². The zero-order chi connectivity index (χ0) is 16.4. The number of aryl methyl sites for hydroxylation is 1. The summed E-state index contributed by atoms with van der Waals surface area (Å²) in [5.41, 5.74) is 3.86. The van der Waals surface area contributed by atoms with Crippen molar-refractivity contribution in [1.29, 1.82) is 0 Å². The van der Waals surface area contributed by atoms with Crippen LogP contribution in [0.3, 0.4) is 0 Å². The van der Waals surface area contributed by atoms with Crippen LogP contribution in [0.15, 0.2) is 36.4 Å². The Morgan fingerprint density at radius 1 is 1.04 bits per heavy atom. The molecule has 0 saturated carbocycles. The van der Waals surface area contributed by atoms with Crippen molar-refractivity contribution in [2.45, 2.75) is 31.7 Å². The highest BCUT2D eigenvalue weighted by Crippen LogP contribution is 2.33. The maximum absolute atomic E-state index is 9.77. The van der Waals surface area contributed by atoms with Gasteiger partial charge >= 0.3 is 0 Å². The Morgan fingerprint density at radius 3 is 2.83 bits per heavy atom. The van der Waals surface area contributed by atoms with Crippen molar-refractivity contribution in [1.82, 2.24) is 5.32 Å². The van der Waals surface area contributed by atoms with Crippen LogP contribution in [-0.4, -0.2) is 24.9 Å². The number of ether oxygens (including phenoxy) is 2. The van der Waals surface area contributed by atoms with Gasteiger partial charge in [-0.25, -0.2) is 0 Å². The average molecular weight is 325 g/mol. The summed E-state index contributed by atoms with van der Waals surface area (Å²) in [7, 11) is 0. The number of rotatable bonds is 4. The lowest BCUT2D eigenvalue weighted by molar-refractivity contribution is 0.171. The number of phenolic OH excluding ortho intramolecular Hbond substituents is 1. The zero-order valence-corrected chi connectivity index (χ0v) is 13.8. The van der Waals surface area contributed by atoms with Crippen molar-refractivity contribution >= 4 is 0 Å². The summed E-state index contributed by atoms with van der Waals surface area (Å²) in [6.45, 7) is 2.15. The van der Waals surface area contributed by atoms with Crippen LogP contribution in [0.1, 0.15) is 35.6 Å². The number of phenols is 1. The van der Waals surface area contributed by atoms with Crippen LogP contribution in [0.4, 0.5) is 0 Å². The molecule has 0 saturated heterocycles. The van der Waals surface area contributed by atoms with Crippen molar-refractivity contribution in [2.75, 3.05) is 19.8 Å². The first-order valence-corrected chi connectivity index (χ1v) is 8.73. The monoisotopic (exact) mass is 325 g/mol. The van der Waals surface area contributed by atoms with Crippen LogP contribution in [0.5, 0.6) is 17.2 Å². The predicted octanol–water partition coefficient (Wildman–Crippen LogP) is 3.37. The van der Waals surface area contributed by atoms with E-state index < -0.39 is 0 Å². The van der Waals surface area contributed by atoms with Gasteiger partial charge in [-0.15, -0.1) is 0 Å². The molecule has 1 aliphatic heterocycles. The summed E-state index contributed by atoms with van der Waals surface area (Å²) in [5.74, 6) is 2.05. The summed E-state index contributed by atoms with van der Waals surface area (Å²) < 4.78 is 11.2. The van der Waals surface area contributed by atoms with E-state index >= 15 is 0 Å². The molecule has 4 rings (SSSR count). The Morgan fingerprint density at radius 2 is 1.92 bits per heavy atom. The second kappa shape index (κ2) is 6.73. The van der Waals surface area contributed by atoms with Crippen molar-refractivity contribution in [2.24, 2.45) is 0 Å². The van der Waals surface area contributed by atoms with Crippen LogP contribution in [-0.2, 0) is 12.8 Å². The van der Waals surface area contributed by atoms with Crippen LogP contribution >= 0.6 is 0 Å². The first-order valence-electron chi connectivity index (χ1n) is 8.73. The molecule has 4 nitrogen and oxygen atoms in total. The van der Waals surface area contributed by atoms with E-state index in [1.807, 2.05) is 12.1 Å². The van der Waals surface area contributed by atoms with Gasteiger partial charge in [-0.05, 0) is 73.2 Å². The molecule has 0 amide bonds. The Kier molecular flexibility index (Phi) is 4.30. The zero-order valence-electron chi connectivity index (χ0n) is 13.8. The molecular formula is C20H23NO3. The van der Waals surface area contributed by atoms with Crippen molar-refractivity contribution in [3.05, 3.63) is 53.1 Å². The molecule has 0 radical (unpaired) electrons. The molecule has 0 bridgehead atoms. The maximum Gasteiger partial charge on any atom is 0.161 e. The normalized spacial score (nSPS) is 18.9. The third-order valence-corrected chi connectivity index (χ3v) is 4.85. The Labute approximate surface area is 142 Å². The van der Waals surface area contributed by atoms with Gasteiger partial charge in [0, 0.05) is 6.04 Å². The second-order valence-electron chi connectivity index (χ2n) is 6.51. The third-order valence-electron chi connectivity index (χ3n) is 4.85. The summed E-state index contributed by atoms with van der Waals surface area (Å²) in [6.07, 6.45) is 4.37. The number of hydrogen-bond donors (Lipinski definition) is 2. The van der Waals surface area contributed by atoms with Crippen LogP contribution in [0.25, 0.3) is 0 Å². The average Bonchev–Trinajstić information content (AvgIpc) is 2.62. The van der Waals surface area contributed by atoms with E-state index in [1.54, 1.807) is 6.07 Å². The molecule has 1 heterocycles. The van der Waals surface area contributed by atoms with Crippen LogP contribution in [0.2, 0.25) is 0 Å². The molecule has 2 aromatic rings. The molecular weight excluding hydrogens is 302 g/mol. The quantitative estimate of drug-likeness (QED) is 0.905. The minimum atomic E-state index is 0.332. The summed E-state index contributed by atoms with van der Waals surface area (Å²) in [4.78, 5) is 0. The molecule has 2 aromatic carbocycles. The number of aromatic hydroxyl groups is 1. The highest BCUT2D eigenvalue weighted by atomic mass is 16.6. The molecule has 126 valence electrons. The molecule has 0 spiro atoms. The molecule has 4 heteroatoms. The molecule has 1 atom stereocenters. The van der Waals surface area contributed by atoms with E-state index in [9.17, 15) is 5.11 Å². The fraction of sp³-hybridized carbons (Fsp3) is 0.400. The minimum Gasteiger partial charge on any atom is -0.508 e. The molecule has 1 unspecified atom stereocenters. The summed E-state index contributed by atoms with van der Waals surface area (Å²) in [5, 5.41) is 13.4. The van der Waals surface area contributed by atoms with Gasteiger partial charge in [0.1, 0.15) is 19.0 Å². The lowest BCUT2D eigenvalue weighted by Gasteiger charge is -2.27. The number of benzene rings is 2. The van der Waals surface area contributed by atoms with Gasteiger partial charge in [-0.2, -0.15) is 0 Å². The van der Waals surface area contributed by atoms with Crippen molar-refractivity contribution < 1.29 is 14.6 Å². The minimum absolute atomic E-state index is 0.332. The van der Waals surface area contributed by atoms with Crippen molar-refractivity contribution in [3.8, 4) is 17.2 Å². The first-order chi connectivity index (χ1) is 11.8. The van der Waals surface area contributed by atoms with Gasteiger partial charge in [0.15, 0.2) is 11.5 Å². The Hall–Kier alpha value is -2.20. The SMILES string of the molecule is Oc1ccc2c(c1)C(NCCc1ccc3c(c1)OCCO3)CCC2. The largest absolute Gasteiger partial charge is 0.508 e. The van der Waals surface area contributed by atoms with Crippen molar-refractivity contribution in [3.63, 3.8) is 0 Å². The van der Waals surface area contributed by atoms with E-state index in [1.165, 1.54) is 23.1 Å². The van der Waals surface area contributed by atoms with Gasteiger partial charge in [-0.1, -0.05) is 12.1 Å². The van der Waals surface area contributed by atoms with E-state index in [-0.39, 0.29) is 0 Å². The van der Waals surface area contributed by atoms with Gasteiger partial charge in [0.25, 0.3) is 0 Å². The first kappa shape index (κ1) is 15.3. The van der Waals surface area contributed by atoms with E-state index in [4.69, 9.17) is 9.47 Å². The fourth-order valence-electron chi connectivity index (χ4n) is 3.63. The fourth-order valence-corrected chi connectivity index (χ4v) is 3.63. The number of nitrogens with one attached hydrogen (secondary N) is 1. The van der Waals surface area contributed by atoms with Gasteiger partial charge in [0.2, 0.25) is 0 Å². The number of fused-ring (bicyclic) bond motifs is 2. The number of hydrogen-bond acceptors (Lipinski definition) is 4.